The van der Waals surface area contributed by atoms with Crippen LogP contribution in [0.25, 0.3) is 10.9 Å². The highest BCUT2D eigenvalue weighted by atomic mass is 16.1. The Kier molecular flexibility index (Phi) is 5.58. The summed E-state index contributed by atoms with van der Waals surface area (Å²) in [7, 11) is 0. The van der Waals surface area contributed by atoms with Gasteiger partial charge >= 0.3 is 0 Å². The molecule has 2 aromatic carbocycles. The van der Waals surface area contributed by atoms with Gasteiger partial charge in [-0.2, -0.15) is 10.2 Å². The minimum absolute atomic E-state index is 0.0192. The minimum atomic E-state index is -0.0192. The molecular formula is C23H25N7O. The number of nitrogens with one attached hydrogen (secondary N) is 2. The Morgan fingerprint density at radius 3 is 2.90 bits per heavy atom. The predicted octanol–water partition coefficient (Wildman–Crippen LogP) is 3.24. The number of rotatable bonds is 4. The maximum absolute atomic E-state index is 11.5. The predicted molar refractivity (Wildman–Crippen MR) is 122 cm³/mol. The molecule has 158 valence electrons. The number of aromatic nitrogens is 2. The van der Waals surface area contributed by atoms with E-state index in [0.29, 0.717) is 29.4 Å². The number of amides is 1. The van der Waals surface area contributed by atoms with E-state index in [1.807, 2.05) is 25.1 Å². The number of fused-ring (bicyclic) bond motifs is 1. The number of nitrogens with zero attached hydrogens (tertiary/aromatic N) is 4. The highest BCUT2D eigenvalue weighted by Crippen LogP contribution is 2.30. The third-order valence-corrected chi connectivity index (χ3v) is 5.47. The van der Waals surface area contributed by atoms with Gasteiger partial charge in [-0.3, -0.25) is 4.79 Å². The largest absolute Gasteiger partial charge is 0.398 e. The molecular weight excluding hydrogens is 390 g/mol. The zero-order valence-electron chi connectivity index (χ0n) is 17.6. The maximum Gasteiger partial charge on any atom is 0.229 e. The Hall–Kier alpha value is -3.86. The topological polar surface area (TPSA) is 120 Å². The fourth-order valence-electron chi connectivity index (χ4n) is 4.01. The standard InChI is InChI=1S/C23H25N7O/c1-14-5-3-7-19-21(14)28-23(27-17-8-9-20(25)16(11-17)12-24)29-22(19)30-10-4-6-18(13-30)26-15(2)31/h3,5,7-9,11,18H,4,6,10,13,25H2,1-2H3,(H,26,31)(H,27,28,29)/t18-/m1/s1. The molecule has 0 spiro atoms. The molecule has 0 saturated carbocycles. The smallest absolute Gasteiger partial charge is 0.229 e. The lowest BCUT2D eigenvalue weighted by molar-refractivity contribution is -0.119. The van der Waals surface area contributed by atoms with Crippen molar-refractivity contribution in [3.8, 4) is 6.07 Å². The Balaban J connectivity index is 1.74. The van der Waals surface area contributed by atoms with Crippen molar-refractivity contribution in [1.29, 1.82) is 5.26 Å². The van der Waals surface area contributed by atoms with Crippen molar-refractivity contribution < 1.29 is 4.79 Å². The van der Waals surface area contributed by atoms with E-state index < -0.39 is 0 Å². The number of para-hydroxylation sites is 1. The number of carbonyl (C=O) groups is 1. The zero-order valence-corrected chi connectivity index (χ0v) is 17.6. The summed E-state index contributed by atoms with van der Waals surface area (Å²) in [4.78, 5) is 23.3. The highest BCUT2D eigenvalue weighted by molar-refractivity contribution is 5.93. The van der Waals surface area contributed by atoms with Crippen LogP contribution in [0, 0.1) is 18.3 Å². The van der Waals surface area contributed by atoms with Crippen molar-refractivity contribution in [2.75, 3.05) is 29.0 Å². The SMILES string of the molecule is CC(=O)N[C@@H]1CCCN(c2nc(Nc3ccc(N)c(C#N)c3)nc3c(C)cccc23)C1. The quantitative estimate of drug-likeness (QED) is 0.560. The van der Waals surface area contributed by atoms with Crippen molar-refractivity contribution in [2.24, 2.45) is 0 Å². The van der Waals surface area contributed by atoms with Gasteiger partial charge in [-0.15, -0.1) is 0 Å². The van der Waals surface area contributed by atoms with E-state index >= 15 is 0 Å². The summed E-state index contributed by atoms with van der Waals surface area (Å²) in [5.74, 6) is 1.27. The molecule has 2 heterocycles. The lowest BCUT2D eigenvalue weighted by Crippen LogP contribution is -2.47. The van der Waals surface area contributed by atoms with Crippen LogP contribution in [-0.2, 0) is 4.79 Å². The summed E-state index contributed by atoms with van der Waals surface area (Å²) >= 11 is 0. The van der Waals surface area contributed by atoms with Crippen molar-refractivity contribution in [3.63, 3.8) is 0 Å². The molecule has 1 atom stereocenters. The minimum Gasteiger partial charge on any atom is -0.398 e. The van der Waals surface area contributed by atoms with Gasteiger partial charge in [0, 0.05) is 42.8 Å². The number of carbonyl (C=O) groups excluding carboxylic acids is 1. The van der Waals surface area contributed by atoms with E-state index in [4.69, 9.17) is 15.7 Å². The van der Waals surface area contributed by atoms with E-state index in [1.54, 1.807) is 25.1 Å². The summed E-state index contributed by atoms with van der Waals surface area (Å²) in [5, 5.41) is 16.5. The molecule has 1 amide bonds. The number of nitrogen functional groups attached to an aromatic ring is 1. The van der Waals surface area contributed by atoms with Gasteiger partial charge in [-0.1, -0.05) is 12.1 Å². The second-order valence-corrected chi connectivity index (χ2v) is 7.87. The number of aryl methyl sites for hydroxylation is 1. The molecule has 1 saturated heterocycles. The highest BCUT2D eigenvalue weighted by Gasteiger charge is 2.24. The molecule has 0 unspecified atom stereocenters. The number of hydrogen-bond acceptors (Lipinski definition) is 7. The molecule has 0 bridgehead atoms. The Labute approximate surface area is 181 Å². The monoisotopic (exact) mass is 415 g/mol. The second kappa shape index (κ2) is 8.48. The normalized spacial score (nSPS) is 16.0. The zero-order chi connectivity index (χ0) is 22.0. The van der Waals surface area contributed by atoms with Crippen LogP contribution < -0.4 is 21.3 Å². The average Bonchev–Trinajstić information content (AvgIpc) is 2.75. The van der Waals surface area contributed by atoms with Crippen LogP contribution in [0.15, 0.2) is 36.4 Å². The molecule has 1 aliphatic rings. The van der Waals surface area contributed by atoms with Crippen LogP contribution in [0.4, 0.5) is 23.1 Å². The number of hydrogen-bond donors (Lipinski definition) is 3. The van der Waals surface area contributed by atoms with Crippen molar-refractivity contribution >= 4 is 40.0 Å². The molecule has 3 aromatic rings. The van der Waals surface area contributed by atoms with Gasteiger partial charge in [0.2, 0.25) is 11.9 Å². The molecule has 4 N–H and O–H groups in total. The first kappa shape index (κ1) is 20.4. The van der Waals surface area contributed by atoms with E-state index in [9.17, 15) is 10.1 Å². The van der Waals surface area contributed by atoms with Crippen molar-refractivity contribution in [2.45, 2.75) is 32.7 Å². The van der Waals surface area contributed by atoms with Crippen LogP contribution in [0.3, 0.4) is 0 Å². The lowest BCUT2D eigenvalue weighted by atomic mass is 10.0. The van der Waals surface area contributed by atoms with E-state index in [0.717, 1.165) is 41.7 Å². The second-order valence-electron chi connectivity index (χ2n) is 7.87. The van der Waals surface area contributed by atoms with Gasteiger partial charge in [-0.25, -0.2) is 4.98 Å². The summed E-state index contributed by atoms with van der Waals surface area (Å²) in [5.41, 5.74) is 9.28. The van der Waals surface area contributed by atoms with Crippen LogP contribution in [0.1, 0.15) is 30.9 Å². The van der Waals surface area contributed by atoms with Gasteiger partial charge in [0.15, 0.2) is 0 Å². The van der Waals surface area contributed by atoms with E-state index in [2.05, 4.69) is 21.6 Å². The van der Waals surface area contributed by atoms with Gasteiger partial charge in [0.25, 0.3) is 0 Å². The Morgan fingerprint density at radius 1 is 1.29 bits per heavy atom. The summed E-state index contributed by atoms with van der Waals surface area (Å²) in [6, 6.07) is 13.4. The Bertz CT molecular complexity index is 1180. The molecule has 1 aromatic heterocycles. The van der Waals surface area contributed by atoms with E-state index in [1.165, 1.54) is 0 Å². The molecule has 8 nitrogen and oxygen atoms in total. The van der Waals surface area contributed by atoms with Crippen molar-refractivity contribution in [3.05, 3.63) is 47.5 Å². The van der Waals surface area contributed by atoms with Crippen LogP contribution in [0.5, 0.6) is 0 Å². The first-order valence-corrected chi connectivity index (χ1v) is 10.3. The first-order valence-electron chi connectivity index (χ1n) is 10.3. The van der Waals surface area contributed by atoms with Gasteiger partial charge < -0.3 is 21.3 Å². The fourth-order valence-corrected chi connectivity index (χ4v) is 4.01. The number of nitrogens with two attached hydrogens (primary N) is 1. The van der Waals surface area contributed by atoms with E-state index in [-0.39, 0.29) is 11.9 Å². The summed E-state index contributed by atoms with van der Waals surface area (Å²) < 4.78 is 0. The average molecular weight is 416 g/mol. The number of nitriles is 1. The molecule has 4 rings (SSSR count). The number of benzene rings is 2. The summed E-state index contributed by atoms with van der Waals surface area (Å²) in [6.45, 7) is 5.12. The van der Waals surface area contributed by atoms with Crippen LogP contribution in [0.2, 0.25) is 0 Å². The van der Waals surface area contributed by atoms with Crippen LogP contribution >= 0.6 is 0 Å². The maximum atomic E-state index is 11.5. The van der Waals surface area contributed by atoms with Gasteiger partial charge in [0.1, 0.15) is 11.9 Å². The third-order valence-electron chi connectivity index (χ3n) is 5.47. The molecule has 0 aliphatic carbocycles. The molecule has 8 heteroatoms. The third kappa shape index (κ3) is 4.36. The number of anilines is 4. The molecule has 1 aliphatic heterocycles. The van der Waals surface area contributed by atoms with Gasteiger partial charge in [-0.05, 0) is 49.6 Å². The van der Waals surface area contributed by atoms with Gasteiger partial charge in [0.05, 0.1) is 11.1 Å². The van der Waals surface area contributed by atoms with Crippen LogP contribution in [-0.4, -0.2) is 35.0 Å². The first-order chi connectivity index (χ1) is 14.9. The molecule has 31 heavy (non-hydrogen) atoms. The molecule has 1 fully saturated rings. The van der Waals surface area contributed by atoms with Crippen molar-refractivity contribution in [1.82, 2.24) is 15.3 Å². The Morgan fingerprint density at radius 2 is 2.13 bits per heavy atom. The summed E-state index contributed by atoms with van der Waals surface area (Å²) in [6.07, 6.45) is 1.92. The lowest BCUT2D eigenvalue weighted by Gasteiger charge is -2.34. The molecule has 0 radical (unpaired) electrons. The number of piperidine rings is 1. The fraction of sp³-hybridized carbons (Fsp3) is 0.304.